The highest BCUT2D eigenvalue weighted by Crippen LogP contribution is 2.15. The zero-order valence-electron chi connectivity index (χ0n) is 11.3. The number of benzene rings is 1. The van der Waals surface area contributed by atoms with Gasteiger partial charge in [0.2, 0.25) is 0 Å². The van der Waals surface area contributed by atoms with E-state index in [1.165, 1.54) is 0 Å². The van der Waals surface area contributed by atoms with Crippen LogP contribution in [-0.2, 0) is 0 Å². The largest absolute Gasteiger partial charge is 0.349 e. The number of piperidine rings is 1. The second-order valence-corrected chi connectivity index (χ2v) is 5.03. The van der Waals surface area contributed by atoms with Crippen LogP contribution in [0.5, 0.6) is 0 Å². The zero-order valence-corrected chi connectivity index (χ0v) is 12.1. The van der Waals surface area contributed by atoms with Crippen molar-refractivity contribution in [3.8, 4) is 0 Å². The fourth-order valence-corrected chi connectivity index (χ4v) is 2.40. The van der Waals surface area contributed by atoms with Crippen LogP contribution in [0.25, 0.3) is 0 Å². The van der Waals surface area contributed by atoms with Gasteiger partial charge in [0.15, 0.2) is 0 Å². The molecule has 2 atom stereocenters. The normalized spacial score (nSPS) is 19.9. The van der Waals surface area contributed by atoms with Crippen molar-refractivity contribution >= 4 is 18.3 Å². The third-order valence-corrected chi connectivity index (χ3v) is 3.53. The van der Waals surface area contributed by atoms with E-state index in [9.17, 15) is 13.6 Å². The number of carbonyl (C=O) groups excluding carboxylic acids is 1. The zero-order chi connectivity index (χ0) is 13.8. The van der Waals surface area contributed by atoms with E-state index in [4.69, 9.17) is 0 Å². The lowest BCUT2D eigenvalue weighted by Gasteiger charge is -2.28. The second-order valence-electron chi connectivity index (χ2n) is 5.03. The van der Waals surface area contributed by atoms with Gasteiger partial charge in [0.1, 0.15) is 11.6 Å². The van der Waals surface area contributed by atoms with Crippen LogP contribution in [0.15, 0.2) is 18.2 Å². The first-order chi connectivity index (χ1) is 9.06. The third kappa shape index (κ3) is 4.42. The minimum Gasteiger partial charge on any atom is -0.349 e. The van der Waals surface area contributed by atoms with Crippen LogP contribution in [-0.4, -0.2) is 25.0 Å². The Morgan fingerprint density at radius 1 is 1.35 bits per heavy atom. The SMILES string of the molecule is CC(NC(=O)c1cc(F)cc(F)c1)C1CCCNC1.Cl. The Bertz CT molecular complexity index is 444. The molecule has 1 saturated heterocycles. The van der Waals surface area contributed by atoms with Crippen molar-refractivity contribution in [1.29, 1.82) is 0 Å². The van der Waals surface area contributed by atoms with E-state index >= 15 is 0 Å². The number of carbonyl (C=O) groups is 1. The number of nitrogens with one attached hydrogen (secondary N) is 2. The standard InChI is InChI=1S/C14H18F2N2O.ClH/c1-9(10-3-2-4-17-8-10)18-14(19)11-5-12(15)7-13(16)6-11;/h5-7,9-10,17H,2-4,8H2,1H3,(H,18,19);1H. The van der Waals surface area contributed by atoms with E-state index in [2.05, 4.69) is 10.6 Å². The van der Waals surface area contributed by atoms with Gasteiger partial charge in [0, 0.05) is 17.7 Å². The van der Waals surface area contributed by atoms with E-state index in [-0.39, 0.29) is 24.0 Å². The molecule has 1 aromatic rings. The maximum Gasteiger partial charge on any atom is 0.251 e. The fourth-order valence-electron chi connectivity index (χ4n) is 2.40. The van der Waals surface area contributed by atoms with E-state index in [1.54, 1.807) is 0 Å². The predicted octanol–water partition coefficient (Wildman–Crippen LogP) is 2.50. The van der Waals surface area contributed by atoms with Crippen LogP contribution in [0.4, 0.5) is 8.78 Å². The number of halogens is 3. The number of hydrogen-bond acceptors (Lipinski definition) is 2. The summed E-state index contributed by atoms with van der Waals surface area (Å²) in [5.41, 5.74) is 0.0214. The molecule has 3 nitrogen and oxygen atoms in total. The Morgan fingerprint density at radius 3 is 2.55 bits per heavy atom. The molecule has 0 saturated carbocycles. The van der Waals surface area contributed by atoms with Gasteiger partial charge in [-0.25, -0.2) is 8.78 Å². The first-order valence-electron chi connectivity index (χ1n) is 6.54. The first kappa shape index (κ1) is 16.9. The van der Waals surface area contributed by atoms with Gasteiger partial charge in [-0.1, -0.05) is 0 Å². The van der Waals surface area contributed by atoms with Crippen molar-refractivity contribution in [1.82, 2.24) is 10.6 Å². The molecule has 0 aromatic heterocycles. The summed E-state index contributed by atoms with van der Waals surface area (Å²) in [4.78, 5) is 11.9. The molecule has 1 amide bonds. The average Bonchev–Trinajstić information content (AvgIpc) is 2.38. The van der Waals surface area contributed by atoms with E-state index in [0.29, 0.717) is 5.92 Å². The fraction of sp³-hybridized carbons (Fsp3) is 0.500. The molecule has 2 rings (SSSR count). The molecule has 1 heterocycles. The Hall–Kier alpha value is -1.20. The summed E-state index contributed by atoms with van der Waals surface area (Å²) in [5, 5.41) is 6.08. The molecule has 20 heavy (non-hydrogen) atoms. The molecule has 1 aliphatic rings. The van der Waals surface area contributed by atoms with Crippen LogP contribution >= 0.6 is 12.4 Å². The molecule has 0 spiro atoms. The van der Waals surface area contributed by atoms with Gasteiger partial charge < -0.3 is 10.6 Å². The Morgan fingerprint density at radius 2 is 2.00 bits per heavy atom. The number of amides is 1. The minimum atomic E-state index is -0.739. The van der Waals surface area contributed by atoms with Crippen molar-refractivity contribution in [2.75, 3.05) is 13.1 Å². The summed E-state index contributed by atoms with van der Waals surface area (Å²) < 4.78 is 26.1. The van der Waals surface area contributed by atoms with Crippen LogP contribution in [0, 0.1) is 17.6 Å². The lowest BCUT2D eigenvalue weighted by atomic mass is 9.92. The molecular formula is C14H19ClF2N2O. The summed E-state index contributed by atoms with van der Waals surface area (Å²) in [6.45, 7) is 3.79. The smallest absolute Gasteiger partial charge is 0.251 e. The molecule has 112 valence electrons. The summed E-state index contributed by atoms with van der Waals surface area (Å²) >= 11 is 0. The lowest BCUT2D eigenvalue weighted by Crippen LogP contribution is -2.44. The number of rotatable bonds is 3. The van der Waals surface area contributed by atoms with Gasteiger partial charge in [0.25, 0.3) is 5.91 Å². The molecule has 1 aliphatic heterocycles. The summed E-state index contributed by atoms with van der Waals surface area (Å²) in [6.07, 6.45) is 2.13. The molecular weight excluding hydrogens is 286 g/mol. The van der Waals surface area contributed by atoms with Crippen molar-refractivity contribution in [2.45, 2.75) is 25.8 Å². The number of hydrogen-bond donors (Lipinski definition) is 2. The van der Waals surface area contributed by atoms with Crippen molar-refractivity contribution in [3.63, 3.8) is 0 Å². The molecule has 0 aliphatic carbocycles. The van der Waals surface area contributed by atoms with E-state index < -0.39 is 17.5 Å². The highest BCUT2D eigenvalue weighted by molar-refractivity contribution is 5.94. The molecule has 2 unspecified atom stereocenters. The highest BCUT2D eigenvalue weighted by Gasteiger charge is 2.22. The third-order valence-electron chi connectivity index (χ3n) is 3.53. The van der Waals surface area contributed by atoms with Crippen LogP contribution < -0.4 is 10.6 Å². The summed E-state index contributed by atoms with van der Waals surface area (Å²) in [6, 6.07) is 2.83. The van der Waals surface area contributed by atoms with Gasteiger partial charge in [-0.15, -0.1) is 12.4 Å². The van der Waals surface area contributed by atoms with Crippen molar-refractivity contribution in [3.05, 3.63) is 35.4 Å². The summed E-state index contributed by atoms with van der Waals surface area (Å²) in [5.74, 6) is -1.55. The maximum atomic E-state index is 13.1. The lowest BCUT2D eigenvalue weighted by molar-refractivity contribution is 0.0921. The second kappa shape index (κ2) is 7.55. The van der Waals surface area contributed by atoms with Gasteiger partial charge in [0.05, 0.1) is 0 Å². The predicted molar refractivity (Wildman–Crippen MR) is 76.1 cm³/mol. The summed E-state index contributed by atoms with van der Waals surface area (Å²) in [7, 11) is 0. The van der Waals surface area contributed by atoms with E-state index in [0.717, 1.165) is 44.1 Å². The average molecular weight is 305 g/mol. The van der Waals surface area contributed by atoms with Gasteiger partial charge in [-0.2, -0.15) is 0 Å². The molecule has 6 heteroatoms. The molecule has 1 fully saturated rings. The maximum absolute atomic E-state index is 13.1. The monoisotopic (exact) mass is 304 g/mol. The van der Waals surface area contributed by atoms with Crippen molar-refractivity contribution < 1.29 is 13.6 Å². The molecule has 1 aromatic carbocycles. The molecule has 2 N–H and O–H groups in total. The van der Waals surface area contributed by atoms with E-state index in [1.807, 2.05) is 6.92 Å². The van der Waals surface area contributed by atoms with Gasteiger partial charge in [-0.05, 0) is 50.9 Å². The minimum absolute atomic E-state index is 0. The quantitative estimate of drug-likeness (QED) is 0.901. The van der Waals surface area contributed by atoms with Crippen LogP contribution in [0.3, 0.4) is 0 Å². The Labute approximate surface area is 123 Å². The van der Waals surface area contributed by atoms with Gasteiger partial charge in [-0.3, -0.25) is 4.79 Å². The van der Waals surface area contributed by atoms with Crippen molar-refractivity contribution in [2.24, 2.45) is 5.92 Å². The molecule has 0 bridgehead atoms. The topological polar surface area (TPSA) is 41.1 Å². The van der Waals surface area contributed by atoms with Gasteiger partial charge >= 0.3 is 0 Å². The first-order valence-corrected chi connectivity index (χ1v) is 6.54. The van der Waals surface area contributed by atoms with Crippen LogP contribution in [0.2, 0.25) is 0 Å². The van der Waals surface area contributed by atoms with Crippen LogP contribution in [0.1, 0.15) is 30.1 Å². The Balaban J connectivity index is 0.00000200. The highest BCUT2D eigenvalue weighted by atomic mass is 35.5. The molecule has 0 radical (unpaired) electrons. The Kier molecular flexibility index (Phi) is 6.36.